The molecule has 2 rings (SSSR count). The Bertz CT molecular complexity index is 450. The maximum absolute atomic E-state index is 13.0. The topological polar surface area (TPSA) is 32.3 Å². The molecule has 0 aromatic heterocycles. The number of hydrogen-bond acceptors (Lipinski definition) is 2. The van der Waals surface area contributed by atoms with Gasteiger partial charge in [-0.2, -0.15) is 0 Å². The highest BCUT2D eigenvalue weighted by Gasteiger charge is 2.17. The van der Waals surface area contributed by atoms with Gasteiger partial charge in [0.1, 0.15) is 0 Å². The lowest BCUT2D eigenvalue weighted by Gasteiger charge is -2.15. The molecule has 1 heterocycles. The number of halogens is 3. The van der Waals surface area contributed by atoms with E-state index in [4.69, 9.17) is 0 Å². The summed E-state index contributed by atoms with van der Waals surface area (Å²) in [6, 6.07) is 1.84. The summed E-state index contributed by atoms with van der Waals surface area (Å²) in [5.41, 5.74) is 0.269. The maximum Gasteiger partial charge on any atom is 0.236 e. The average molecular weight is 272 g/mol. The smallest absolute Gasteiger partial charge is 0.236 e. The molecule has 0 unspecified atom stereocenters. The van der Waals surface area contributed by atoms with Crippen LogP contribution in [0, 0.1) is 17.5 Å². The van der Waals surface area contributed by atoms with Crippen molar-refractivity contribution in [3.63, 3.8) is 0 Å². The van der Waals surface area contributed by atoms with Crippen molar-refractivity contribution in [3.05, 3.63) is 35.1 Å². The van der Waals surface area contributed by atoms with E-state index >= 15 is 0 Å². The maximum atomic E-state index is 13.0. The van der Waals surface area contributed by atoms with Gasteiger partial charge < -0.3 is 10.2 Å². The molecule has 104 valence electrons. The van der Waals surface area contributed by atoms with Crippen LogP contribution in [0.25, 0.3) is 0 Å². The number of carbonyl (C=O) groups excluding carboxylic acids is 1. The number of nitrogens with zero attached hydrogens (tertiary/aromatic N) is 1. The predicted molar refractivity (Wildman–Crippen MR) is 63.8 cm³/mol. The number of benzene rings is 1. The summed E-state index contributed by atoms with van der Waals surface area (Å²) in [5, 5.41) is 2.81. The summed E-state index contributed by atoms with van der Waals surface area (Å²) >= 11 is 0. The number of amides is 1. The van der Waals surface area contributed by atoms with Gasteiger partial charge in [-0.05, 0) is 30.5 Å². The van der Waals surface area contributed by atoms with Gasteiger partial charge in [0.15, 0.2) is 17.5 Å². The van der Waals surface area contributed by atoms with Gasteiger partial charge in [0.25, 0.3) is 0 Å². The highest BCUT2D eigenvalue weighted by molar-refractivity contribution is 5.78. The highest BCUT2D eigenvalue weighted by atomic mass is 19.2. The van der Waals surface area contributed by atoms with E-state index in [1.54, 1.807) is 4.90 Å². The Kier molecular flexibility index (Phi) is 4.42. The molecule has 1 aromatic rings. The zero-order chi connectivity index (χ0) is 13.8. The van der Waals surface area contributed by atoms with Gasteiger partial charge in [-0.3, -0.25) is 4.79 Å². The van der Waals surface area contributed by atoms with Gasteiger partial charge in [0, 0.05) is 19.6 Å². The minimum atomic E-state index is -1.48. The molecular weight excluding hydrogens is 257 g/mol. The third-order valence-electron chi connectivity index (χ3n) is 3.11. The van der Waals surface area contributed by atoms with E-state index in [1.807, 2.05) is 0 Å². The van der Waals surface area contributed by atoms with Crippen LogP contribution in [0.4, 0.5) is 13.2 Å². The molecule has 1 amide bonds. The van der Waals surface area contributed by atoms with Gasteiger partial charge in [0.05, 0.1) is 6.54 Å². The van der Waals surface area contributed by atoms with Crippen molar-refractivity contribution in [2.45, 2.75) is 19.4 Å². The van der Waals surface area contributed by atoms with Crippen LogP contribution in [0.3, 0.4) is 0 Å². The lowest BCUT2D eigenvalue weighted by Crippen LogP contribution is -2.36. The first-order valence-corrected chi connectivity index (χ1v) is 6.20. The first-order valence-electron chi connectivity index (χ1n) is 6.20. The molecule has 19 heavy (non-hydrogen) atoms. The fourth-order valence-electron chi connectivity index (χ4n) is 2.10. The second-order valence-corrected chi connectivity index (χ2v) is 4.56. The third-order valence-corrected chi connectivity index (χ3v) is 3.11. The van der Waals surface area contributed by atoms with Crippen LogP contribution in [-0.4, -0.2) is 30.4 Å². The monoisotopic (exact) mass is 272 g/mol. The summed E-state index contributed by atoms with van der Waals surface area (Å²) in [5.74, 6) is -3.94. The summed E-state index contributed by atoms with van der Waals surface area (Å²) in [6.07, 6.45) is 2.03. The van der Waals surface area contributed by atoms with Crippen LogP contribution < -0.4 is 5.32 Å². The lowest BCUT2D eigenvalue weighted by molar-refractivity contribution is -0.129. The largest absolute Gasteiger partial charge is 0.342 e. The van der Waals surface area contributed by atoms with E-state index in [0.717, 1.165) is 38.1 Å². The molecule has 1 saturated heterocycles. The molecule has 1 aliphatic rings. The van der Waals surface area contributed by atoms with E-state index in [1.165, 1.54) is 0 Å². The molecule has 1 aliphatic heterocycles. The van der Waals surface area contributed by atoms with Gasteiger partial charge in [-0.15, -0.1) is 0 Å². The summed E-state index contributed by atoms with van der Waals surface area (Å²) < 4.78 is 38.6. The standard InChI is InChI=1S/C13H15F3N2O/c14-10-5-9(6-11(15)13(10)16)7-17-8-12(19)18-3-1-2-4-18/h5-6,17H,1-4,7-8H2. The second kappa shape index (κ2) is 6.06. The Morgan fingerprint density at radius 1 is 1.16 bits per heavy atom. The van der Waals surface area contributed by atoms with Crippen molar-refractivity contribution >= 4 is 5.91 Å². The van der Waals surface area contributed by atoms with Crippen molar-refractivity contribution in [2.75, 3.05) is 19.6 Å². The SMILES string of the molecule is O=C(CNCc1cc(F)c(F)c(F)c1)N1CCCC1. The molecule has 0 aliphatic carbocycles. The predicted octanol–water partition coefficient (Wildman–Crippen LogP) is 1.82. The Morgan fingerprint density at radius 2 is 1.74 bits per heavy atom. The van der Waals surface area contributed by atoms with E-state index < -0.39 is 17.5 Å². The van der Waals surface area contributed by atoms with Crippen LogP contribution in [0.15, 0.2) is 12.1 Å². The molecule has 0 spiro atoms. The summed E-state index contributed by atoms with van der Waals surface area (Å²) in [4.78, 5) is 13.4. The van der Waals surface area contributed by atoms with Crippen LogP contribution in [0.5, 0.6) is 0 Å². The molecule has 0 radical (unpaired) electrons. The van der Waals surface area contributed by atoms with Crippen LogP contribution in [0.1, 0.15) is 18.4 Å². The normalized spacial score (nSPS) is 15.0. The lowest BCUT2D eigenvalue weighted by atomic mass is 10.2. The van der Waals surface area contributed by atoms with Crippen LogP contribution in [0.2, 0.25) is 0 Å². The van der Waals surface area contributed by atoms with Gasteiger partial charge in [-0.1, -0.05) is 0 Å². The Balaban J connectivity index is 1.84. The van der Waals surface area contributed by atoms with Crippen molar-refractivity contribution in [2.24, 2.45) is 0 Å². The Morgan fingerprint density at radius 3 is 2.32 bits per heavy atom. The zero-order valence-electron chi connectivity index (χ0n) is 10.4. The van der Waals surface area contributed by atoms with E-state index in [9.17, 15) is 18.0 Å². The number of likely N-dealkylation sites (tertiary alicyclic amines) is 1. The van der Waals surface area contributed by atoms with Gasteiger partial charge in [0.2, 0.25) is 5.91 Å². The fraction of sp³-hybridized carbons (Fsp3) is 0.462. The first-order chi connectivity index (χ1) is 9.08. The fourth-order valence-corrected chi connectivity index (χ4v) is 2.10. The van der Waals surface area contributed by atoms with Crippen molar-refractivity contribution in [3.8, 4) is 0 Å². The summed E-state index contributed by atoms with van der Waals surface area (Å²) in [7, 11) is 0. The number of hydrogen-bond donors (Lipinski definition) is 1. The molecular formula is C13H15F3N2O. The molecule has 1 N–H and O–H groups in total. The number of rotatable bonds is 4. The third kappa shape index (κ3) is 3.47. The number of nitrogens with one attached hydrogen (secondary N) is 1. The number of carbonyl (C=O) groups is 1. The first kappa shape index (κ1) is 13.9. The van der Waals surface area contributed by atoms with Gasteiger partial charge in [-0.25, -0.2) is 13.2 Å². The van der Waals surface area contributed by atoms with Gasteiger partial charge >= 0.3 is 0 Å². The van der Waals surface area contributed by atoms with Crippen molar-refractivity contribution < 1.29 is 18.0 Å². The molecule has 6 heteroatoms. The zero-order valence-corrected chi connectivity index (χ0v) is 10.4. The van der Waals surface area contributed by atoms with Crippen molar-refractivity contribution in [1.29, 1.82) is 0 Å². The second-order valence-electron chi connectivity index (χ2n) is 4.56. The minimum absolute atomic E-state index is 0.0273. The average Bonchev–Trinajstić information content (AvgIpc) is 2.89. The van der Waals surface area contributed by atoms with Crippen LogP contribution >= 0.6 is 0 Å². The van der Waals surface area contributed by atoms with E-state index in [-0.39, 0.29) is 24.6 Å². The quantitative estimate of drug-likeness (QED) is 0.848. The van der Waals surface area contributed by atoms with Crippen LogP contribution in [-0.2, 0) is 11.3 Å². The molecule has 3 nitrogen and oxygen atoms in total. The Hall–Kier alpha value is -1.56. The van der Waals surface area contributed by atoms with E-state index in [2.05, 4.69) is 5.32 Å². The molecule has 1 fully saturated rings. The molecule has 0 atom stereocenters. The molecule has 0 saturated carbocycles. The van der Waals surface area contributed by atoms with E-state index in [0.29, 0.717) is 0 Å². The Labute approximate surface area is 109 Å². The summed E-state index contributed by atoms with van der Waals surface area (Å²) in [6.45, 7) is 1.76. The minimum Gasteiger partial charge on any atom is -0.342 e. The molecule has 0 bridgehead atoms. The molecule has 1 aromatic carbocycles. The van der Waals surface area contributed by atoms with Crippen molar-refractivity contribution in [1.82, 2.24) is 10.2 Å². The highest BCUT2D eigenvalue weighted by Crippen LogP contribution is 2.13.